The van der Waals surface area contributed by atoms with Crippen LogP contribution in [0.5, 0.6) is 5.75 Å². The fraction of sp³-hybridized carbons (Fsp3) is 0.520. The van der Waals surface area contributed by atoms with Crippen LogP contribution in [0.1, 0.15) is 59.9 Å². The van der Waals surface area contributed by atoms with Crippen molar-refractivity contribution < 1.29 is 14.3 Å². The van der Waals surface area contributed by atoms with Crippen LogP contribution in [0.15, 0.2) is 24.3 Å². The Labute approximate surface area is 195 Å². The van der Waals surface area contributed by atoms with Gasteiger partial charge in [0.2, 0.25) is 5.91 Å². The lowest BCUT2D eigenvalue weighted by Crippen LogP contribution is -2.46. The molecule has 1 aliphatic rings. The van der Waals surface area contributed by atoms with E-state index in [0.717, 1.165) is 35.5 Å². The monoisotopic (exact) mass is 451 g/mol. The maximum absolute atomic E-state index is 12.8. The molecule has 8 heteroatoms. The first kappa shape index (κ1) is 24.3. The summed E-state index contributed by atoms with van der Waals surface area (Å²) >= 11 is 0. The molecule has 0 atom stereocenters. The number of piperidine rings is 1. The number of amides is 2. The Kier molecular flexibility index (Phi) is 8.47. The maximum atomic E-state index is 12.8. The number of likely N-dealkylation sites (tertiary alicyclic amines) is 1. The Morgan fingerprint density at radius 3 is 2.55 bits per heavy atom. The number of rotatable bonds is 9. The zero-order chi connectivity index (χ0) is 23.8. The van der Waals surface area contributed by atoms with Crippen molar-refractivity contribution in [1.82, 2.24) is 20.0 Å². The van der Waals surface area contributed by atoms with Crippen LogP contribution in [-0.4, -0.2) is 52.2 Å². The van der Waals surface area contributed by atoms with E-state index < -0.39 is 0 Å². The molecule has 3 rings (SSSR count). The highest BCUT2D eigenvalue weighted by Gasteiger charge is 2.25. The molecule has 8 nitrogen and oxygen atoms in total. The van der Waals surface area contributed by atoms with Crippen LogP contribution in [-0.2, 0) is 17.8 Å². The fourth-order valence-electron chi connectivity index (χ4n) is 4.28. The van der Waals surface area contributed by atoms with E-state index in [4.69, 9.17) is 10.00 Å². The summed E-state index contributed by atoms with van der Waals surface area (Å²) in [6, 6.07) is 9.46. The number of aromatic nitrogens is 2. The van der Waals surface area contributed by atoms with Crippen LogP contribution in [0.3, 0.4) is 0 Å². The van der Waals surface area contributed by atoms with E-state index >= 15 is 0 Å². The molecule has 2 heterocycles. The van der Waals surface area contributed by atoms with E-state index in [9.17, 15) is 9.59 Å². The van der Waals surface area contributed by atoms with Crippen molar-refractivity contribution in [2.75, 3.05) is 19.7 Å². The summed E-state index contributed by atoms with van der Waals surface area (Å²) in [7, 11) is 0. The first-order chi connectivity index (χ1) is 15.9. The second-order valence-corrected chi connectivity index (χ2v) is 8.37. The molecule has 1 aliphatic heterocycles. The van der Waals surface area contributed by atoms with Crippen LogP contribution < -0.4 is 10.1 Å². The summed E-state index contributed by atoms with van der Waals surface area (Å²) in [5.74, 6) is 0.799. The number of aryl methyl sites for hydroxylation is 2. The van der Waals surface area contributed by atoms with Crippen LogP contribution >= 0.6 is 0 Å². The molecular weight excluding hydrogens is 418 g/mol. The Bertz CT molecular complexity index is 998. The van der Waals surface area contributed by atoms with Gasteiger partial charge in [0.15, 0.2) is 0 Å². The van der Waals surface area contributed by atoms with E-state index in [0.29, 0.717) is 51.1 Å². The van der Waals surface area contributed by atoms with E-state index in [1.165, 1.54) is 0 Å². The Hall–Kier alpha value is -3.34. The number of hydrogen-bond donors (Lipinski definition) is 1. The molecular formula is C25H33N5O3. The molecule has 1 N–H and O–H groups in total. The first-order valence-corrected chi connectivity index (χ1v) is 11.6. The predicted molar refractivity (Wildman–Crippen MR) is 125 cm³/mol. The molecule has 1 aromatic heterocycles. The van der Waals surface area contributed by atoms with Crippen LogP contribution in [0.2, 0.25) is 0 Å². The van der Waals surface area contributed by atoms with Crippen molar-refractivity contribution in [3.05, 3.63) is 46.8 Å². The van der Waals surface area contributed by atoms with Gasteiger partial charge in [0.25, 0.3) is 5.91 Å². The molecule has 0 unspecified atom stereocenters. The molecule has 0 radical (unpaired) electrons. The van der Waals surface area contributed by atoms with Gasteiger partial charge in [-0.25, -0.2) is 0 Å². The normalized spacial score (nSPS) is 14.1. The van der Waals surface area contributed by atoms with E-state index in [-0.39, 0.29) is 17.9 Å². The third-order valence-corrected chi connectivity index (χ3v) is 6.13. The first-order valence-electron chi connectivity index (χ1n) is 11.6. The van der Waals surface area contributed by atoms with Gasteiger partial charge in [-0.1, -0.05) is 0 Å². The summed E-state index contributed by atoms with van der Waals surface area (Å²) in [4.78, 5) is 27.1. The lowest BCUT2D eigenvalue weighted by Gasteiger charge is -2.32. The zero-order valence-corrected chi connectivity index (χ0v) is 19.8. The van der Waals surface area contributed by atoms with Crippen LogP contribution in [0, 0.1) is 25.2 Å². The number of nitrogens with one attached hydrogen (secondary N) is 1. The lowest BCUT2D eigenvalue weighted by atomic mass is 10.0. The van der Waals surface area contributed by atoms with Crippen molar-refractivity contribution in [1.29, 1.82) is 5.26 Å². The van der Waals surface area contributed by atoms with Crippen molar-refractivity contribution in [3.63, 3.8) is 0 Å². The van der Waals surface area contributed by atoms with E-state index in [2.05, 4.69) is 16.5 Å². The van der Waals surface area contributed by atoms with Crippen molar-refractivity contribution in [2.24, 2.45) is 0 Å². The van der Waals surface area contributed by atoms with Crippen molar-refractivity contribution in [2.45, 2.75) is 65.5 Å². The van der Waals surface area contributed by atoms with Crippen LogP contribution in [0.25, 0.3) is 0 Å². The fourth-order valence-corrected chi connectivity index (χ4v) is 4.28. The summed E-state index contributed by atoms with van der Waals surface area (Å²) in [6.45, 7) is 8.28. The number of hydrogen-bond acceptors (Lipinski definition) is 5. The quantitative estimate of drug-likeness (QED) is 0.631. The number of carbonyl (C=O) groups is 2. The average molecular weight is 452 g/mol. The molecule has 176 valence electrons. The minimum atomic E-state index is 0.0159. The van der Waals surface area contributed by atoms with Gasteiger partial charge in [0, 0.05) is 36.8 Å². The smallest absolute Gasteiger partial charge is 0.253 e. The van der Waals surface area contributed by atoms with Gasteiger partial charge < -0.3 is 15.0 Å². The molecule has 1 saturated heterocycles. The number of carbonyl (C=O) groups excluding carboxylic acids is 2. The van der Waals surface area contributed by atoms with E-state index in [1.807, 2.05) is 42.5 Å². The highest BCUT2D eigenvalue weighted by Crippen LogP contribution is 2.18. The molecule has 0 bridgehead atoms. The number of nitriles is 1. The third-order valence-electron chi connectivity index (χ3n) is 6.13. The molecule has 33 heavy (non-hydrogen) atoms. The zero-order valence-electron chi connectivity index (χ0n) is 19.8. The van der Waals surface area contributed by atoms with Gasteiger partial charge in [-0.15, -0.1) is 0 Å². The van der Waals surface area contributed by atoms with Gasteiger partial charge in [-0.2, -0.15) is 10.4 Å². The summed E-state index contributed by atoms with van der Waals surface area (Å²) in [5, 5.41) is 16.4. The van der Waals surface area contributed by atoms with Gasteiger partial charge in [0.1, 0.15) is 5.75 Å². The number of nitrogens with zero attached hydrogens (tertiary/aromatic N) is 4. The molecule has 2 amide bonds. The van der Waals surface area contributed by atoms with Gasteiger partial charge in [0.05, 0.1) is 31.3 Å². The summed E-state index contributed by atoms with van der Waals surface area (Å²) in [5.41, 5.74) is 3.68. The topological polar surface area (TPSA) is 100 Å². The molecule has 0 spiro atoms. The summed E-state index contributed by atoms with van der Waals surface area (Å²) < 4.78 is 7.28. The van der Waals surface area contributed by atoms with E-state index in [1.54, 1.807) is 12.1 Å². The second kappa shape index (κ2) is 11.5. The largest absolute Gasteiger partial charge is 0.494 e. The molecule has 0 saturated carbocycles. The predicted octanol–water partition coefficient (Wildman–Crippen LogP) is 3.17. The minimum absolute atomic E-state index is 0.0159. The average Bonchev–Trinajstić information content (AvgIpc) is 3.09. The lowest BCUT2D eigenvalue weighted by molar-refractivity contribution is -0.122. The van der Waals surface area contributed by atoms with Gasteiger partial charge in [-0.3, -0.25) is 14.3 Å². The third kappa shape index (κ3) is 6.35. The number of ether oxygens (including phenoxy) is 1. The Morgan fingerprint density at radius 2 is 1.91 bits per heavy atom. The van der Waals surface area contributed by atoms with Crippen molar-refractivity contribution >= 4 is 11.8 Å². The highest BCUT2D eigenvalue weighted by atomic mass is 16.5. The van der Waals surface area contributed by atoms with Gasteiger partial charge in [-0.05, 0) is 69.9 Å². The molecule has 0 aliphatic carbocycles. The molecule has 1 fully saturated rings. The highest BCUT2D eigenvalue weighted by molar-refractivity contribution is 5.94. The molecule has 2 aromatic rings. The minimum Gasteiger partial charge on any atom is -0.494 e. The standard InChI is InChI=1S/C25H33N5O3/c1-4-33-22-8-6-20(7-9-22)25(32)29-16-12-21(13-17-29)27-24(31)11-10-23-18(2)28-30(19(23)3)15-5-14-26/h6-9,21H,4-5,10-13,15-17H2,1-3H3,(H,27,31). The van der Waals surface area contributed by atoms with Gasteiger partial charge >= 0.3 is 0 Å². The number of benzene rings is 1. The molecule has 1 aromatic carbocycles. The maximum Gasteiger partial charge on any atom is 0.253 e. The van der Waals surface area contributed by atoms with Crippen LogP contribution in [0.4, 0.5) is 0 Å². The second-order valence-electron chi connectivity index (χ2n) is 8.37. The Morgan fingerprint density at radius 1 is 1.21 bits per heavy atom. The Balaban J connectivity index is 1.44. The SMILES string of the molecule is CCOc1ccc(C(=O)N2CCC(NC(=O)CCc3c(C)nn(CCC#N)c3C)CC2)cc1. The van der Waals surface area contributed by atoms with Crippen molar-refractivity contribution in [3.8, 4) is 11.8 Å². The summed E-state index contributed by atoms with van der Waals surface area (Å²) in [6.07, 6.45) is 2.95.